The molecule has 0 spiro atoms. The van der Waals surface area contributed by atoms with Gasteiger partial charge in [0.15, 0.2) is 5.78 Å². The van der Waals surface area contributed by atoms with Gasteiger partial charge in [-0.25, -0.2) is 4.39 Å². The van der Waals surface area contributed by atoms with Crippen LogP contribution in [0.4, 0.5) is 4.39 Å². The van der Waals surface area contributed by atoms with Crippen LogP contribution in [0.1, 0.15) is 45.1 Å². The predicted octanol–water partition coefficient (Wildman–Crippen LogP) is 3.35. The molecular weight excluding hydrogens is 293 g/mol. The molecule has 0 aromatic carbocycles. The first-order valence-electron chi connectivity index (χ1n) is 7.57. The summed E-state index contributed by atoms with van der Waals surface area (Å²) >= 11 is 0. The molecule has 118 valence electrons. The van der Waals surface area contributed by atoms with Gasteiger partial charge in [0.2, 0.25) is 0 Å². The number of ketones is 1. The fraction of sp³-hybridized carbons (Fsp3) is 0.389. The van der Waals surface area contributed by atoms with Crippen LogP contribution >= 0.6 is 0 Å². The molecular formula is C18H18FN3O. The third-order valence-corrected chi connectivity index (χ3v) is 4.47. The van der Waals surface area contributed by atoms with Crippen LogP contribution in [0.2, 0.25) is 0 Å². The van der Waals surface area contributed by atoms with E-state index in [-0.39, 0.29) is 11.2 Å². The summed E-state index contributed by atoms with van der Waals surface area (Å²) in [7, 11) is 0. The smallest absolute Gasteiger partial charge is 0.162 e. The van der Waals surface area contributed by atoms with Crippen LogP contribution < -0.4 is 5.32 Å². The SMILES string of the molecule is CC1=C(C#N)[C@@H](c2ccncc2F)C2=C(CC(C)(C)CC2=O)N1. The van der Waals surface area contributed by atoms with Gasteiger partial charge in [-0.2, -0.15) is 5.26 Å². The second kappa shape index (κ2) is 5.31. The van der Waals surface area contributed by atoms with E-state index < -0.39 is 11.7 Å². The van der Waals surface area contributed by atoms with Crippen molar-refractivity contribution in [3.63, 3.8) is 0 Å². The molecule has 0 radical (unpaired) electrons. The third-order valence-electron chi connectivity index (χ3n) is 4.47. The summed E-state index contributed by atoms with van der Waals surface area (Å²) in [6, 6.07) is 3.70. The maximum Gasteiger partial charge on any atom is 0.162 e. The zero-order valence-electron chi connectivity index (χ0n) is 13.4. The molecule has 0 saturated carbocycles. The van der Waals surface area contributed by atoms with Crippen molar-refractivity contribution in [1.29, 1.82) is 5.26 Å². The van der Waals surface area contributed by atoms with Gasteiger partial charge in [0.25, 0.3) is 0 Å². The number of hydrogen-bond acceptors (Lipinski definition) is 4. The quantitative estimate of drug-likeness (QED) is 0.864. The largest absolute Gasteiger partial charge is 0.361 e. The third kappa shape index (κ3) is 2.55. The Morgan fingerprint density at radius 2 is 2.17 bits per heavy atom. The minimum Gasteiger partial charge on any atom is -0.361 e. The highest BCUT2D eigenvalue weighted by molar-refractivity contribution is 6.00. The van der Waals surface area contributed by atoms with Crippen LogP contribution in [0.15, 0.2) is 41.0 Å². The number of carbonyl (C=O) groups excluding carboxylic acids is 1. The van der Waals surface area contributed by atoms with Crippen LogP contribution in [0.3, 0.4) is 0 Å². The number of allylic oxidation sites excluding steroid dienone is 4. The molecule has 0 amide bonds. The Balaban J connectivity index is 2.22. The first-order chi connectivity index (χ1) is 10.8. The van der Waals surface area contributed by atoms with E-state index in [0.717, 1.165) is 11.9 Å². The molecule has 0 unspecified atom stereocenters. The van der Waals surface area contributed by atoms with Crippen LogP contribution in [0, 0.1) is 22.6 Å². The lowest BCUT2D eigenvalue weighted by Gasteiger charge is -2.38. The van der Waals surface area contributed by atoms with Gasteiger partial charge >= 0.3 is 0 Å². The van der Waals surface area contributed by atoms with E-state index in [2.05, 4.69) is 16.4 Å². The summed E-state index contributed by atoms with van der Waals surface area (Å²) in [5.41, 5.74) is 2.59. The molecule has 1 aliphatic heterocycles. The van der Waals surface area contributed by atoms with Crippen molar-refractivity contribution in [3.8, 4) is 6.07 Å². The number of carbonyl (C=O) groups is 1. The summed E-state index contributed by atoms with van der Waals surface area (Å²) in [5, 5.41) is 12.7. The van der Waals surface area contributed by atoms with Crippen molar-refractivity contribution in [2.45, 2.75) is 39.5 Å². The first kappa shape index (κ1) is 15.4. The maximum atomic E-state index is 14.3. The van der Waals surface area contributed by atoms with Crippen molar-refractivity contribution in [3.05, 3.63) is 52.4 Å². The summed E-state index contributed by atoms with van der Waals surface area (Å²) in [4.78, 5) is 16.5. The Kier molecular flexibility index (Phi) is 3.56. The number of halogens is 1. The van der Waals surface area contributed by atoms with E-state index in [1.165, 1.54) is 6.20 Å². The normalized spacial score (nSPS) is 23.3. The van der Waals surface area contributed by atoms with Gasteiger partial charge in [0.05, 0.1) is 23.8 Å². The standard InChI is InChI=1S/C18H18FN3O/c1-10-12(8-20)16(11-4-5-21-9-13(11)19)17-14(22-10)6-18(2,3)7-15(17)23/h4-5,9,16,22H,6-7H2,1-3H3/t16-/m1/s1. The van der Waals surface area contributed by atoms with Gasteiger partial charge < -0.3 is 5.32 Å². The van der Waals surface area contributed by atoms with Crippen molar-refractivity contribution in [2.75, 3.05) is 0 Å². The summed E-state index contributed by atoms with van der Waals surface area (Å²) in [6.07, 6.45) is 3.71. The minimum absolute atomic E-state index is 0.0230. The Labute approximate surface area is 134 Å². The van der Waals surface area contributed by atoms with Crippen LogP contribution in [-0.4, -0.2) is 10.8 Å². The molecule has 5 heteroatoms. The number of aromatic nitrogens is 1. The molecule has 2 heterocycles. The monoisotopic (exact) mass is 311 g/mol. The number of nitrogens with one attached hydrogen (secondary N) is 1. The van der Waals surface area contributed by atoms with E-state index in [1.807, 2.05) is 13.8 Å². The average Bonchev–Trinajstić information content (AvgIpc) is 2.45. The number of hydrogen-bond donors (Lipinski definition) is 1. The van der Waals surface area contributed by atoms with Crippen LogP contribution in [0.25, 0.3) is 0 Å². The zero-order valence-corrected chi connectivity index (χ0v) is 13.4. The molecule has 0 saturated heterocycles. The minimum atomic E-state index is -0.650. The fourth-order valence-electron chi connectivity index (χ4n) is 3.52. The molecule has 2 aliphatic rings. The summed E-state index contributed by atoms with van der Waals surface area (Å²) < 4.78 is 14.3. The molecule has 1 N–H and O–H groups in total. The Hall–Kier alpha value is -2.48. The highest BCUT2D eigenvalue weighted by atomic mass is 19.1. The lowest BCUT2D eigenvalue weighted by Crippen LogP contribution is -2.37. The number of nitrogens with zero attached hydrogens (tertiary/aromatic N) is 2. The number of pyridine rings is 1. The van der Waals surface area contributed by atoms with Gasteiger partial charge in [-0.3, -0.25) is 9.78 Å². The summed E-state index contributed by atoms with van der Waals surface area (Å²) in [6.45, 7) is 5.87. The van der Waals surface area contributed by atoms with Crippen molar-refractivity contribution < 1.29 is 9.18 Å². The van der Waals surface area contributed by atoms with E-state index in [9.17, 15) is 14.4 Å². The second-order valence-corrected chi connectivity index (χ2v) is 6.94. The zero-order chi connectivity index (χ0) is 16.8. The van der Waals surface area contributed by atoms with E-state index >= 15 is 0 Å². The van der Waals surface area contributed by atoms with Crippen molar-refractivity contribution in [2.24, 2.45) is 5.41 Å². The number of dihydropyridines is 1. The van der Waals surface area contributed by atoms with Gasteiger partial charge in [0.1, 0.15) is 5.82 Å². The molecule has 3 rings (SSSR count). The molecule has 1 aromatic heterocycles. The van der Waals surface area contributed by atoms with Crippen molar-refractivity contribution >= 4 is 5.78 Å². The summed E-state index contributed by atoms with van der Waals surface area (Å²) in [5.74, 6) is -1.17. The Morgan fingerprint density at radius 1 is 1.43 bits per heavy atom. The van der Waals surface area contributed by atoms with Gasteiger partial charge in [-0.05, 0) is 24.8 Å². The Bertz CT molecular complexity index is 799. The molecule has 0 bridgehead atoms. The maximum absolute atomic E-state index is 14.3. The number of rotatable bonds is 1. The number of nitriles is 1. The lowest BCUT2D eigenvalue weighted by atomic mass is 9.69. The number of Topliss-reactive ketones (excluding diaryl/α,β-unsaturated/α-hetero) is 1. The van der Waals surface area contributed by atoms with Crippen LogP contribution in [0.5, 0.6) is 0 Å². The average molecular weight is 311 g/mol. The lowest BCUT2D eigenvalue weighted by molar-refractivity contribution is -0.118. The predicted molar refractivity (Wildman–Crippen MR) is 83.4 cm³/mol. The van der Waals surface area contributed by atoms with Crippen LogP contribution in [-0.2, 0) is 4.79 Å². The molecule has 0 fully saturated rings. The Morgan fingerprint density at radius 3 is 2.83 bits per heavy atom. The molecule has 1 aromatic rings. The van der Waals surface area contributed by atoms with Gasteiger partial charge in [-0.1, -0.05) is 13.8 Å². The van der Waals surface area contributed by atoms with E-state index in [4.69, 9.17) is 0 Å². The fourth-order valence-corrected chi connectivity index (χ4v) is 3.52. The van der Waals surface area contributed by atoms with Gasteiger partial charge in [0, 0.05) is 35.1 Å². The molecule has 4 nitrogen and oxygen atoms in total. The highest BCUT2D eigenvalue weighted by Gasteiger charge is 2.41. The molecule has 1 atom stereocenters. The van der Waals surface area contributed by atoms with Crippen molar-refractivity contribution in [1.82, 2.24) is 10.3 Å². The molecule has 23 heavy (non-hydrogen) atoms. The second-order valence-electron chi connectivity index (χ2n) is 6.94. The van der Waals surface area contributed by atoms with E-state index in [1.54, 1.807) is 13.0 Å². The van der Waals surface area contributed by atoms with Gasteiger partial charge in [-0.15, -0.1) is 0 Å². The topological polar surface area (TPSA) is 65.8 Å². The highest BCUT2D eigenvalue weighted by Crippen LogP contribution is 2.46. The molecule has 1 aliphatic carbocycles. The first-order valence-corrected chi connectivity index (χ1v) is 7.57. The van der Waals surface area contributed by atoms with E-state index in [0.29, 0.717) is 35.2 Å².